The van der Waals surface area contributed by atoms with Crippen LogP contribution >= 0.6 is 0 Å². The molecule has 0 amide bonds. The minimum atomic E-state index is -0.834. The minimum absolute atomic E-state index is 0.0680. The molecule has 2 fully saturated rings. The van der Waals surface area contributed by atoms with Crippen molar-refractivity contribution in [1.29, 1.82) is 0 Å². The van der Waals surface area contributed by atoms with E-state index in [1.165, 1.54) is 29.8 Å². The maximum atomic E-state index is 15.1. The SMILES string of the molecule is Cn1cc2cc(-c3cnc4cc(N5CC[C@H](NC6CC6)C5)cc(F)c4n3)c(O)c(F)c2n1. The zero-order chi connectivity index (χ0) is 22.0. The second-order valence-electron chi connectivity index (χ2n) is 8.75. The zero-order valence-corrected chi connectivity index (χ0v) is 17.5. The van der Waals surface area contributed by atoms with Crippen LogP contribution in [0, 0.1) is 11.6 Å². The van der Waals surface area contributed by atoms with Crippen molar-refractivity contribution in [1.82, 2.24) is 25.1 Å². The van der Waals surface area contributed by atoms with Gasteiger partial charge in [-0.3, -0.25) is 9.67 Å². The van der Waals surface area contributed by atoms with Gasteiger partial charge in [0, 0.05) is 55.1 Å². The van der Waals surface area contributed by atoms with Crippen molar-refractivity contribution in [2.24, 2.45) is 7.05 Å². The molecule has 1 aliphatic heterocycles. The predicted molar refractivity (Wildman–Crippen MR) is 118 cm³/mol. The van der Waals surface area contributed by atoms with Crippen molar-refractivity contribution in [3.8, 4) is 17.0 Å². The predicted octanol–water partition coefficient (Wildman–Crippen LogP) is 3.50. The van der Waals surface area contributed by atoms with Gasteiger partial charge in [0.05, 0.1) is 17.4 Å². The van der Waals surface area contributed by atoms with Crippen LogP contribution in [-0.2, 0) is 7.05 Å². The number of nitrogens with zero attached hydrogens (tertiary/aromatic N) is 5. The largest absolute Gasteiger partial charge is 0.504 e. The second-order valence-corrected chi connectivity index (χ2v) is 8.75. The highest BCUT2D eigenvalue weighted by molar-refractivity contribution is 5.89. The van der Waals surface area contributed by atoms with Crippen LogP contribution in [-0.4, -0.2) is 50.0 Å². The molecule has 1 saturated heterocycles. The van der Waals surface area contributed by atoms with Gasteiger partial charge in [0.2, 0.25) is 0 Å². The van der Waals surface area contributed by atoms with Crippen LogP contribution < -0.4 is 10.2 Å². The van der Waals surface area contributed by atoms with Crippen molar-refractivity contribution in [2.75, 3.05) is 18.0 Å². The monoisotopic (exact) mass is 436 g/mol. The van der Waals surface area contributed by atoms with E-state index in [-0.39, 0.29) is 22.3 Å². The van der Waals surface area contributed by atoms with Crippen LogP contribution in [0.25, 0.3) is 33.2 Å². The number of hydrogen-bond acceptors (Lipinski definition) is 6. The number of hydrogen-bond donors (Lipinski definition) is 2. The summed E-state index contributed by atoms with van der Waals surface area (Å²) < 4.78 is 31.2. The van der Waals surface area contributed by atoms with Crippen molar-refractivity contribution in [3.63, 3.8) is 0 Å². The van der Waals surface area contributed by atoms with Crippen LogP contribution in [0.4, 0.5) is 14.5 Å². The highest BCUT2D eigenvalue weighted by Crippen LogP contribution is 2.36. The molecule has 4 aromatic rings. The number of aryl methyl sites for hydroxylation is 1. The first kappa shape index (κ1) is 19.4. The average molecular weight is 436 g/mol. The fourth-order valence-electron chi connectivity index (χ4n) is 4.52. The molecular weight excluding hydrogens is 414 g/mol. The molecule has 0 radical (unpaired) electrons. The maximum absolute atomic E-state index is 15.1. The summed E-state index contributed by atoms with van der Waals surface area (Å²) in [6.07, 6.45) is 6.59. The fourth-order valence-corrected chi connectivity index (χ4v) is 4.52. The van der Waals surface area contributed by atoms with Crippen molar-refractivity contribution in [3.05, 3.63) is 42.2 Å². The average Bonchev–Trinajstić information content (AvgIpc) is 3.32. The first-order valence-electron chi connectivity index (χ1n) is 10.8. The number of fused-ring (bicyclic) bond motifs is 2. The standard InChI is InChI=1S/C23H22F2N6O/c1-30-10-12-6-16(23(32)20(25)21(12)29-30)19-9-26-18-8-15(7-17(24)22(18)28-19)31-5-4-14(11-31)27-13-2-3-13/h6-10,13-14,27,32H,2-5,11H2,1H3/t14-/m0/s1. The fraction of sp³-hybridized carbons (Fsp3) is 0.348. The lowest BCUT2D eigenvalue weighted by Crippen LogP contribution is -2.33. The van der Waals surface area contributed by atoms with Crippen molar-refractivity contribution in [2.45, 2.75) is 31.3 Å². The smallest absolute Gasteiger partial charge is 0.193 e. The van der Waals surface area contributed by atoms with Gasteiger partial charge in [-0.25, -0.2) is 13.8 Å². The molecule has 32 heavy (non-hydrogen) atoms. The summed E-state index contributed by atoms with van der Waals surface area (Å²) in [6, 6.07) is 5.96. The Morgan fingerprint density at radius 1 is 1.09 bits per heavy atom. The molecule has 3 heterocycles. The number of aromatic hydroxyl groups is 1. The van der Waals surface area contributed by atoms with E-state index in [0.29, 0.717) is 23.0 Å². The summed E-state index contributed by atoms with van der Waals surface area (Å²) in [5.41, 5.74) is 1.70. The Morgan fingerprint density at radius 2 is 1.94 bits per heavy atom. The topological polar surface area (TPSA) is 79.1 Å². The Bertz CT molecular complexity index is 1370. The lowest BCUT2D eigenvalue weighted by molar-refractivity contribution is 0.437. The Labute approximate surface area is 182 Å². The van der Waals surface area contributed by atoms with Crippen molar-refractivity contribution < 1.29 is 13.9 Å². The Morgan fingerprint density at radius 3 is 2.75 bits per heavy atom. The Balaban J connectivity index is 1.36. The molecule has 2 aromatic heterocycles. The summed E-state index contributed by atoms with van der Waals surface area (Å²) in [5, 5.41) is 18.5. The zero-order valence-electron chi connectivity index (χ0n) is 17.5. The van der Waals surface area contributed by atoms with Crippen LogP contribution in [0.2, 0.25) is 0 Å². The summed E-state index contributed by atoms with van der Waals surface area (Å²) >= 11 is 0. The summed E-state index contributed by atoms with van der Waals surface area (Å²) in [4.78, 5) is 10.9. The highest BCUT2D eigenvalue weighted by Gasteiger charge is 2.29. The minimum Gasteiger partial charge on any atom is -0.504 e. The molecule has 2 N–H and O–H groups in total. The number of aromatic nitrogens is 4. The highest BCUT2D eigenvalue weighted by atomic mass is 19.1. The van der Waals surface area contributed by atoms with E-state index < -0.39 is 17.4 Å². The van der Waals surface area contributed by atoms with Crippen LogP contribution in [0.3, 0.4) is 0 Å². The normalized spacial score (nSPS) is 18.8. The summed E-state index contributed by atoms with van der Waals surface area (Å²) in [6.45, 7) is 1.70. The molecule has 0 spiro atoms. The van der Waals surface area contributed by atoms with Crippen LogP contribution in [0.5, 0.6) is 5.75 Å². The molecule has 2 aliphatic rings. The quantitative estimate of drug-likeness (QED) is 0.510. The molecule has 0 unspecified atom stereocenters. The van der Waals surface area contributed by atoms with Gasteiger partial charge >= 0.3 is 0 Å². The maximum Gasteiger partial charge on any atom is 0.193 e. The molecule has 2 aromatic carbocycles. The van der Waals surface area contributed by atoms with Gasteiger partial charge in [-0.15, -0.1) is 0 Å². The van der Waals surface area contributed by atoms with Crippen molar-refractivity contribution >= 4 is 27.6 Å². The van der Waals surface area contributed by atoms with Gasteiger partial charge in [0.15, 0.2) is 17.4 Å². The number of halogens is 2. The first-order valence-corrected chi connectivity index (χ1v) is 10.8. The van der Waals surface area contributed by atoms with E-state index in [9.17, 15) is 9.50 Å². The lowest BCUT2D eigenvalue weighted by atomic mass is 10.1. The molecule has 7 nitrogen and oxygen atoms in total. The lowest BCUT2D eigenvalue weighted by Gasteiger charge is -2.20. The molecule has 6 rings (SSSR count). The molecule has 9 heteroatoms. The number of rotatable bonds is 4. The van der Waals surface area contributed by atoms with Gasteiger partial charge in [0.1, 0.15) is 11.0 Å². The Hall–Kier alpha value is -3.33. The van der Waals surface area contributed by atoms with Gasteiger partial charge in [-0.2, -0.15) is 5.10 Å². The Kier molecular flexibility index (Phi) is 4.29. The van der Waals surface area contributed by atoms with Gasteiger partial charge in [0.25, 0.3) is 0 Å². The van der Waals surface area contributed by atoms with Crippen LogP contribution in [0.1, 0.15) is 19.3 Å². The van der Waals surface area contributed by atoms with E-state index in [1.807, 2.05) is 6.07 Å². The third-order valence-corrected chi connectivity index (χ3v) is 6.29. The van der Waals surface area contributed by atoms with Gasteiger partial charge in [-0.05, 0) is 37.5 Å². The number of nitrogens with one attached hydrogen (secondary N) is 1. The molecule has 1 saturated carbocycles. The number of benzene rings is 2. The molecule has 1 aliphatic carbocycles. The van der Waals surface area contributed by atoms with Crippen LogP contribution in [0.15, 0.2) is 30.6 Å². The molecule has 164 valence electrons. The van der Waals surface area contributed by atoms with Gasteiger partial charge in [-0.1, -0.05) is 0 Å². The molecular formula is C23H22F2N6O. The number of phenolic OH excluding ortho intramolecular Hbond substituents is 1. The van der Waals surface area contributed by atoms with E-state index in [0.717, 1.165) is 25.2 Å². The van der Waals surface area contributed by atoms with E-state index in [1.54, 1.807) is 19.3 Å². The molecule has 0 bridgehead atoms. The summed E-state index contributed by atoms with van der Waals surface area (Å²) in [5.74, 6) is -1.90. The third-order valence-electron chi connectivity index (χ3n) is 6.29. The van der Waals surface area contributed by atoms with E-state index >= 15 is 4.39 Å². The number of phenols is 1. The first-order chi connectivity index (χ1) is 15.5. The molecule has 1 atom stereocenters. The number of anilines is 1. The van der Waals surface area contributed by atoms with Gasteiger partial charge < -0.3 is 15.3 Å². The summed E-state index contributed by atoms with van der Waals surface area (Å²) in [7, 11) is 1.67. The third kappa shape index (κ3) is 3.24. The van der Waals surface area contributed by atoms with E-state index in [2.05, 4.69) is 25.3 Å². The second kappa shape index (κ2) is 7.09. The van der Waals surface area contributed by atoms with E-state index in [4.69, 9.17) is 0 Å².